The number of aliphatic hydroxyl groups is 2. The number of methoxy groups -OCH3 is 2. The van der Waals surface area contributed by atoms with Gasteiger partial charge in [0, 0.05) is 6.42 Å². The van der Waals surface area contributed by atoms with Crippen LogP contribution in [0.5, 0.6) is 11.5 Å². The van der Waals surface area contributed by atoms with Crippen molar-refractivity contribution in [1.29, 1.82) is 0 Å². The Bertz CT molecular complexity index is 500. The van der Waals surface area contributed by atoms with Crippen molar-refractivity contribution in [3.63, 3.8) is 0 Å². The van der Waals surface area contributed by atoms with E-state index in [0.717, 1.165) is 24.1 Å². The van der Waals surface area contributed by atoms with E-state index in [1.807, 2.05) is 17.7 Å². The Morgan fingerprint density at radius 2 is 1.74 bits per heavy atom. The minimum absolute atomic E-state index is 0. The van der Waals surface area contributed by atoms with E-state index in [-0.39, 0.29) is 12.4 Å². The lowest BCUT2D eigenvalue weighted by Crippen LogP contribution is -3.00. The van der Waals surface area contributed by atoms with Crippen LogP contribution in [0.2, 0.25) is 0 Å². The molecular formula is C13H18ClNO4. The Hall–Kier alpha value is -1.30. The summed E-state index contributed by atoms with van der Waals surface area (Å²) in [5, 5.41) is 19.0. The molecule has 19 heavy (non-hydrogen) atoms. The molecule has 0 unspecified atom stereocenters. The second-order valence-corrected chi connectivity index (χ2v) is 4.29. The molecule has 0 saturated heterocycles. The molecule has 1 aliphatic heterocycles. The Kier molecular flexibility index (Phi) is 5.17. The van der Waals surface area contributed by atoms with Crippen molar-refractivity contribution in [1.82, 2.24) is 0 Å². The first-order chi connectivity index (χ1) is 8.58. The topological polar surface area (TPSA) is 61.9 Å². The molecule has 1 aromatic rings. The number of likely N-dealkylation sites (N-methyl/N-ethyl adjacent to an activating group) is 1. The number of nitrogens with zero attached hydrogens (tertiary/aromatic N) is 1. The standard InChI is InChI=1S/C13H18NO4.ClH/c1-14-5-4-8-6-10(17-2)11(18-3)7-9(8)12(14)13(15)16;/h6-7,13,15-16H,4-5H2,1-3H3;1H/q+1;/p-1. The molecule has 0 radical (unpaired) electrons. The summed E-state index contributed by atoms with van der Waals surface area (Å²) in [7, 11) is 4.99. The van der Waals surface area contributed by atoms with Gasteiger partial charge in [-0.2, -0.15) is 0 Å². The predicted octanol–water partition coefficient (Wildman–Crippen LogP) is -2.99. The summed E-state index contributed by atoms with van der Waals surface area (Å²) in [5.41, 5.74) is 2.34. The van der Waals surface area contributed by atoms with Crippen LogP contribution in [0.3, 0.4) is 0 Å². The highest BCUT2D eigenvalue weighted by molar-refractivity contribution is 6.01. The lowest BCUT2D eigenvalue weighted by Gasteiger charge is -2.19. The van der Waals surface area contributed by atoms with Crippen LogP contribution in [-0.2, 0) is 6.42 Å². The summed E-state index contributed by atoms with van der Waals surface area (Å²) in [6, 6.07) is 3.68. The van der Waals surface area contributed by atoms with E-state index in [1.165, 1.54) is 0 Å². The minimum Gasteiger partial charge on any atom is -1.00 e. The van der Waals surface area contributed by atoms with Gasteiger partial charge in [-0.1, -0.05) is 0 Å². The van der Waals surface area contributed by atoms with Crippen LogP contribution in [0.15, 0.2) is 12.1 Å². The van der Waals surface area contributed by atoms with Gasteiger partial charge in [0.2, 0.25) is 12.0 Å². The van der Waals surface area contributed by atoms with E-state index in [9.17, 15) is 10.2 Å². The monoisotopic (exact) mass is 287 g/mol. The highest BCUT2D eigenvalue weighted by atomic mass is 35.5. The Morgan fingerprint density at radius 1 is 1.16 bits per heavy atom. The second-order valence-electron chi connectivity index (χ2n) is 4.29. The molecule has 0 saturated carbocycles. The molecule has 0 fully saturated rings. The molecule has 0 atom stereocenters. The second kappa shape index (κ2) is 6.23. The van der Waals surface area contributed by atoms with Gasteiger partial charge in [-0.05, 0) is 17.7 Å². The maximum atomic E-state index is 9.49. The molecular weight excluding hydrogens is 270 g/mol. The zero-order valence-electron chi connectivity index (χ0n) is 11.2. The molecule has 2 N–H and O–H groups in total. The van der Waals surface area contributed by atoms with Crippen LogP contribution in [-0.4, -0.2) is 54.6 Å². The van der Waals surface area contributed by atoms with E-state index in [0.29, 0.717) is 17.2 Å². The van der Waals surface area contributed by atoms with E-state index in [4.69, 9.17) is 9.47 Å². The van der Waals surface area contributed by atoms with E-state index >= 15 is 0 Å². The fourth-order valence-corrected chi connectivity index (χ4v) is 2.32. The third kappa shape index (κ3) is 2.83. The van der Waals surface area contributed by atoms with Crippen LogP contribution < -0.4 is 21.9 Å². The van der Waals surface area contributed by atoms with Crippen molar-refractivity contribution in [2.24, 2.45) is 0 Å². The smallest absolute Gasteiger partial charge is 0.240 e. The molecule has 5 nitrogen and oxygen atoms in total. The van der Waals surface area contributed by atoms with Crippen LogP contribution in [0.1, 0.15) is 11.1 Å². The van der Waals surface area contributed by atoms with Crippen LogP contribution in [0.25, 0.3) is 0 Å². The summed E-state index contributed by atoms with van der Waals surface area (Å²) in [6.07, 6.45) is -0.658. The number of hydrogen-bond donors (Lipinski definition) is 2. The lowest BCUT2D eigenvalue weighted by atomic mass is 9.95. The molecule has 0 amide bonds. The van der Waals surface area contributed by atoms with Crippen LogP contribution >= 0.6 is 0 Å². The largest absolute Gasteiger partial charge is 1.00 e. The Morgan fingerprint density at radius 3 is 2.26 bits per heavy atom. The Labute approximate surface area is 118 Å². The third-order valence-electron chi connectivity index (χ3n) is 3.26. The molecule has 1 aliphatic rings. The van der Waals surface area contributed by atoms with Gasteiger partial charge in [0.1, 0.15) is 13.6 Å². The first kappa shape index (κ1) is 15.8. The maximum absolute atomic E-state index is 9.49. The van der Waals surface area contributed by atoms with Crippen molar-refractivity contribution >= 4 is 5.71 Å². The quantitative estimate of drug-likeness (QED) is 0.460. The average molecular weight is 288 g/mol. The van der Waals surface area contributed by atoms with Crippen molar-refractivity contribution in [3.8, 4) is 11.5 Å². The average Bonchev–Trinajstić information content (AvgIpc) is 2.36. The normalized spacial score (nSPS) is 14.0. The van der Waals surface area contributed by atoms with E-state index in [2.05, 4.69) is 0 Å². The van der Waals surface area contributed by atoms with E-state index < -0.39 is 6.29 Å². The summed E-state index contributed by atoms with van der Waals surface area (Å²) < 4.78 is 12.3. The molecule has 106 valence electrons. The molecule has 0 bridgehead atoms. The van der Waals surface area contributed by atoms with Crippen molar-refractivity contribution < 1.29 is 36.7 Å². The predicted molar refractivity (Wildman–Crippen MR) is 66.6 cm³/mol. The molecule has 2 rings (SSSR count). The number of rotatable bonds is 3. The molecule has 6 heteroatoms. The van der Waals surface area contributed by atoms with E-state index in [1.54, 1.807) is 20.3 Å². The zero-order chi connectivity index (χ0) is 13.3. The highest BCUT2D eigenvalue weighted by Gasteiger charge is 2.30. The number of ether oxygens (including phenoxy) is 2. The SMILES string of the molecule is COc1cc2c(cc1OC)C(C(O)O)=[N+](C)CC2.[Cl-]. The Balaban J connectivity index is 0.00000180. The lowest BCUT2D eigenvalue weighted by molar-refractivity contribution is -0.502. The first-order valence-electron chi connectivity index (χ1n) is 5.78. The van der Waals surface area contributed by atoms with Gasteiger partial charge in [0.25, 0.3) is 0 Å². The van der Waals surface area contributed by atoms with Gasteiger partial charge in [0.15, 0.2) is 11.5 Å². The van der Waals surface area contributed by atoms with Crippen molar-refractivity contribution in [3.05, 3.63) is 23.3 Å². The summed E-state index contributed by atoms with van der Waals surface area (Å²) in [6.45, 7) is 0.745. The van der Waals surface area contributed by atoms with Gasteiger partial charge >= 0.3 is 0 Å². The number of fused-ring (bicyclic) bond motifs is 1. The van der Waals surface area contributed by atoms with Crippen molar-refractivity contribution in [2.75, 3.05) is 27.8 Å². The van der Waals surface area contributed by atoms with Gasteiger partial charge in [-0.15, -0.1) is 0 Å². The number of halogens is 1. The summed E-state index contributed by atoms with van der Waals surface area (Å²) in [4.78, 5) is 0. The number of aliphatic hydroxyl groups excluding tert-OH is 1. The number of hydrogen-bond acceptors (Lipinski definition) is 4. The van der Waals surface area contributed by atoms with Crippen LogP contribution in [0, 0.1) is 0 Å². The summed E-state index contributed by atoms with van der Waals surface area (Å²) >= 11 is 0. The molecule has 0 aliphatic carbocycles. The molecule has 0 aromatic heterocycles. The maximum Gasteiger partial charge on any atom is 0.240 e. The highest BCUT2D eigenvalue weighted by Crippen LogP contribution is 2.32. The van der Waals surface area contributed by atoms with Gasteiger partial charge in [0.05, 0.1) is 19.8 Å². The first-order valence-corrected chi connectivity index (χ1v) is 5.78. The van der Waals surface area contributed by atoms with Crippen LogP contribution in [0.4, 0.5) is 0 Å². The molecule has 1 aromatic carbocycles. The third-order valence-corrected chi connectivity index (χ3v) is 3.26. The van der Waals surface area contributed by atoms with Gasteiger partial charge < -0.3 is 32.1 Å². The minimum atomic E-state index is -1.49. The fraction of sp³-hybridized carbons (Fsp3) is 0.462. The zero-order valence-corrected chi connectivity index (χ0v) is 11.9. The molecule has 1 heterocycles. The van der Waals surface area contributed by atoms with Gasteiger partial charge in [-0.25, -0.2) is 4.58 Å². The number of benzene rings is 1. The van der Waals surface area contributed by atoms with Gasteiger partial charge in [-0.3, -0.25) is 0 Å². The fourth-order valence-electron chi connectivity index (χ4n) is 2.32. The summed E-state index contributed by atoms with van der Waals surface area (Å²) in [5.74, 6) is 1.25. The molecule has 0 spiro atoms. The van der Waals surface area contributed by atoms with Crippen molar-refractivity contribution in [2.45, 2.75) is 12.7 Å².